The number of benzene rings is 2. The lowest BCUT2D eigenvalue weighted by molar-refractivity contribution is -0.123. The molecule has 0 radical (unpaired) electrons. The summed E-state index contributed by atoms with van der Waals surface area (Å²) < 4.78 is 31.5. The predicted octanol–water partition coefficient (Wildman–Crippen LogP) is 3.55. The van der Waals surface area contributed by atoms with Crippen LogP contribution in [0.25, 0.3) is 0 Å². The van der Waals surface area contributed by atoms with Gasteiger partial charge in [-0.3, -0.25) is 4.79 Å². The number of carbonyl (C=O) groups excluding carboxylic acids is 2. The van der Waals surface area contributed by atoms with Crippen molar-refractivity contribution < 1.29 is 22.7 Å². The fourth-order valence-electron chi connectivity index (χ4n) is 2.57. The van der Waals surface area contributed by atoms with Gasteiger partial charge >= 0.3 is 5.97 Å². The van der Waals surface area contributed by atoms with E-state index in [-0.39, 0.29) is 10.5 Å². The highest BCUT2D eigenvalue weighted by molar-refractivity contribution is 7.89. The molecule has 0 fully saturated rings. The summed E-state index contributed by atoms with van der Waals surface area (Å²) in [6, 6.07) is 12.0. The molecule has 156 valence electrons. The van der Waals surface area contributed by atoms with E-state index in [1.54, 1.807) is 38.1 Å². The number of hydrogen-bond acceptors (Lipinski definition) is 5. The molecule has 9 heteroatoms. The van der Waals surface area contributed by atoms with Crippen LogP contribution in [0.2, 0.25) is 5.02 Å². The Morgan fingerprint density at radius 2 is 1.72 bits per heavy atom. The zero-order valence-electron chi connectivity index (χ0n) is 16.4. The first-order valence-electron chi connectivity index (χ1n) is 9.06. The van der Waals surface area contributed by atoms with Gasteiger partial charge in [-0.15, -0.1) is 0 Å². The fourth-order valence-corrected chi connectivity index (χ4v) is 4.22. The Kier molecular flexibility index (Phi) is 7.78. The Bertz CT molecular complexity index is 973. The van der Waals surface area contributed by atoms with Crippen LogP contribution in [0.5, 0.6) is 0 Å². The molecule has 0 aliphatic heterocycles. The molecule has 0 unspecified atom stereocenters. The number of hydrogen-bond donors (Lipinski definition) is 1. The number of ether oxygens (including phenoxy) is 1. The zero-order valence-corrected chi connectivity index (χ0v) is 18.0. The van der Waals surface area contributed by atoms with E-state index in [1.165, 1.54) is 35.5 Å². The Morgan fingerprint density at radius 3 is 2.28 bits per heavy atom. The van der Waals surface area contributed by atoms with Crippen LogP contribution in [0.1, 0.15) is 31.1 Å². The smallest absolute Gasteiger partial charge is 0.338 e. The molecule has 2 aromatic carbocycles. The van der Waals surface area contributed by atoms with Crippen molar-refractivity contribution in [2.45, 2.75) is 31.8 Å². The number of esters is 1. The van der Waals surface area contributed by atoms with Crippen molar-refractivity contribution in [2.24, 2.45) is 0 Å². The quantitative estimate of drug-likeness (QED) is 0.636. The highest BCUT2D eigenvalue weighted by atomic mass is 35.5. The highest BCUT2D eigenvalue weighted by Crippen LogP contribution is 2.18. The number of carbonyl (C=O) groups is 2. The van der Waals surface area contributed by atoms with E-state index < -0.39 is 28.0 Å². The van der Waals surface area contributed by atoms with Crippen LogP contribution in [-0.4, -0.2) is 43.8 Å². The lowest BCUT2D eigenvalue weighted by atomic mass is 10.2. The van der Waals surface area contributed by atoms with Crippen LogP contribution < -0.4 is 5.32 Å². The number of halogens is 1. The lowest BCUT2D eigenvalue weighted by Crippen LogP contribution is -2.31. The van der Waals surface area contributed by atoms with Crippen LogP contribution in [0.4, 0.5) is 5.69 Å². The van der Waals surface area contributed by atoms with Gasteiger partial charge in [-0.25, -0.2) is 13.2 Å². The van der Waals surface area contributed by atoms with Crippen molar-refractivity contribution in [3.8, 4) is 0 Å². The van der Waals surface area contributed by atoms with E-state index in [0.717, 1.165) is 0 Å². The van der Waals surface area contributed by atoms with Crippen LogP contribution in [0, 0.1) is 0 Å². The van der Waals surface area contributed by atoms with Gasteiger partial charge in [0.1, 0.15) is 0 Å². The summed E-state index contributed by atoms with van der Waals surface area (Å²) in [4.78, 5) is 24.6. The van der Waals surface area contributed by atoms with Gasteiger partial charge in [-0.2, -0.15) is 4.31 Å². The molecule has 2 aromatic rings. The fraction of sp³-hybridized carbons (Fsp3) is 0.300. The van der Waals surface area contributed by atoms with E-state index in [0.29, 0.717) is 23.8 Å². The van der Waals surface area contributed by atoms with Gasteiger partial charge in [0, 0.05) is 23.8 Å². The van der Waals surface area contributed by atoms with Crippen molar-refractivity contribution in [1.29, 1.82) is 0 Å². The minimum atomic E-state index is -3.61. The van der Waals surface area contributed by atoms with Gasteiger partial charge in [-0.05, 0) is 49.4 Å². The molecule has 0 aliphatic carbocycles. The summed E-state index contributed by atoms with van der Waals surface area (Å²) in [5.41, 5.74) is 0.627. The molecule has 0 heterocycles. The molecule has 0 aliphatic rings. The third kappa shape index (κ3) is 5.79. The molecule has 1 N–H and O–H groups in total. The predicted molar refractivity (Wildman–Crippen MR) is 112 cm³/mol. The van der Waals surface area contributed by atoms with Gasteiger partial charge < -0.3 is 10.1 Å². The van der Waals surface area contributed by atoms with E-state index in [9.17, 15) is 18.0 Å². The van der Waals surface area contributed by atoms with E-state index >= 15 is 0 Å². The molecule has 0 saturated carbocycles. The molecule has 2 rings (SSSR count). The summed E-state index contributed by atoms with van der Waals surface area (Å²) >= 11 is 5.87. The average Bonchev–Trinajstić information content (AvgIpc) is 2.68. The molecule has 0 spiro atoms. The highest BCUT2D eigenvalue weighted by Gasteiger charge is 2.23. The Hall–Kier alpha value is -2.42. The van der Waals surface area contributed by atoms with Crippen molar-refractivity contribution in [3.63, 3.8) is 0 Å². The van der Waals surface area contributed by atoms with Crippen LogP contribution >= 0.6 is 11.6 Å². The van der Waals surface area contributed by atoms with E-state index in [4.69, 9.17) is 16.3 Å². The first-order chi connectivity index (χ1) is 13.7. The minimum Gasteiger partial charge on any atom is -0.449 e. The number of amides is 1. The topological polar surface area (TPSA) is 92.8 Å². The number of rotatable bonds is 8. The molecule has 29 heavy (non-hydrogen) atoms. The van der Waals surface area contributed by atoms with Crippen molar-refractivity contribution in [2.75, 3.05) is 18.4 Å². The van der Waals surface area contributed by atoms with Crippen LogP contribution in [0.3, 0.4) is 0 Å². The molecule has 0 saturated heterocycles. The van der Waals surface area contributed by atoms with Crippen LogP contribution in [0.15, 0.2) is 53.4 Å². The second kappa shape index (κ2) is 9.87. The maximum absolute atomic E-state index is 12.5. The van der Waals surface area contributed by atoms with Gasteiger partial charge in [-0.1, -0.05) is 31.5 Å². The third-order valence-corrected chi connectivity index (χ3v) is 6.48. The maximum Gasteiger partial charge on any atom is 0.338 e. The van der Waals surface area contributed by atoms with Crippen molar-refractivity contribution >= 4 is 39.2 Å². The Balaban J connectivity index is 2.04. The monoisotopic (exact) mass is 438 g/mol. The summed E-state index contributed by atoms with van der Waals surface area (Å²) in [7, 11) is -3.61. The first-order valence-corrected chi connectivity index (χ1v) is 10.9. The molecular formula is C20H23ClN2O5S. The van der Waals surface area contributed by atoms with Gasteiger partial charge in [0.15, 0.2) is 6.10 Å². The van der Waals surface area contributed by atoms with Crippen molar-refractivity contribution in [1.82, 2.24) is 4.31 Å². The second-order valence-electron chi connectivity index (χ2n) is 6.16. The average molecular weight is 439 g/mol. The number of sulfonamides is 1. The minimum absolute atomic E-state index is 0.0875. The molecule has 1 amide bonds. The van der Waals surface area contributed by atoms with E-state index in [1.807, 2.05) is 0 Å². The largest absolute Gasteiger partial charge is 0.449 e. The van der Waals surface area contributed by atoms with Gasteiger partial charge in [0.05, 0.1) is 10.5 Å². The molecule has 0 bridgehead atoms. The summed E-state index contributed by atoms with van der Waals surface area (Å²) in [5, 5.41) is 3.07. The normalized spacial score (nSPS) is 12.4. The molecular weight excluding hydrogens is 416 g/mol. The number of nitrogens with one attached hydrogen (secondary N) is 1. The van der Waals surface area contributed by atoms with E-state index in [2.05, 4.69) is 5.32 Å². The summed E-state index contributed by atoms with van der Waals surface area (Å²) in [6.07, 6.45) is -1.06. The molecule has 7 nitrogen and oxygen atoms in total. The Labute approximate surface area is 175 Å². The zero-order chi connectivity index (χ0) is 21.6. The van der Waals surface area contributed by atoms with Crippen LogP contribution in [-0.2, 0) is 19.6 Å². The lowest BCUT2D eigenvalue weighted by Gasteiger charge is -2.18. The Morgan fingerprint density at radius 1 is 1.10 bits per heavy atom. The number of nitrogens with zero attached hydrogens (tertiary/aromatic N) is 1. The molecule has 0 aromatic heterocycles. The summed E-state index contributed by atoms with van der Waals surface area (Å²) in [5.74, 6) is -1.24. The van der Waals surface area contributed by atoms with Gasteiger partial charge in [0.2, 0.25) is 10.0 Å². The standard InChI is InChI=1S/C20H23ClN2O5S/c1-4-23(5-2)29(26,27)18-11-9-15(10-12-18)20(25)28-14(3)19(24)22-17-8-6-7-16(21)13-17/h6-14H,4-5H2,1-3H3,(H,22,24)/t14-/m0/s1. The third-order valence-electron chi connectivity index (χ3n) is 4.18. The maximum atomic E-state index is 12.5. The second-order valence-corrected chi connectivity index (χ2v) is 8.54. The first kappa shape index (κ1) is 22.9. The van der Waals surface area contributed by atoms with Gasteiger partial charge in [0.25, 0.3) is 5.91 Å². The SMILES string of the molecule is CCN(CC)S(=O)(=O)c1ccc(C(=O)O[C@@H](C)C(=O)Nc2cccc(Cl)c2)cc1. The molecule has 1 atom stereocenters. The summed E-state index contributed by atoms with van der Waals surface area (Å²) in [6.45, 7) is 5.64. The van der Waals surface area contributed by atoms with Crippen molar-refractivity contribution in [3.05, 3.63) is 59.1 Å². The number of anilines is 1.